The predicted octanol–water partition coefficient (Wildman–Crippen LogP) is 0.236. The fourth-order valence-electron chi connectivity index (χ4n) is 0.514. The quantitative estimate of drug-likeness (QED) is 0.663. The molecule has 8 heteroatoms. The zero-order valence-electron chi connectivity index (χ0n) is 5.32. The molecule has 1 heterocycles. The van der Waals surface area contributed by atoms with E-state index in [1.54, 1.807) is 0 Å². The Bertz CT molecular complexity index is 372. The van der Waals surface area contributed by atoms with E-state index in [1.165, 1.54) is 7.05 Å². The summed E-state index contributed by atoms with van der Waals surface area (Å²) in [5.74, 6) is 0. The van der Waals surface area contributed by atoms with E-state index < -0.39 is 15.2 Å². The van der Waals surface area contributed by atoms with Crippen molar-refractivity contribution in [3.63, 3.8) is 0 Å². The maximum absolute atomic E-state index is 12.2. The van der Waals surface area contributed by atoms with E-state index in [0.717, 1.165) is 4.80 Å². The second kappa shape index (κ2) is 2.52. The van der Waals surface area contributed by atoms with Gasteiger partial charge in [-0.15, -0.1) is 10.2 Å². The smallest absolute Gasteiger partial charge is 0.187 e. The molecule has 0 radical (unpaired) electrons. The molecule has 0 amide bonds. The van der Waals surface area contributed by atoms with Gasteiger partial charge in [-0.3, -0.25) is 0 Å². The lowest BCUT2D eigenvalue weighted by Crippen LogP contribution is -1.96. The summed E-state index contributed by atoms with van der Waals surface area (Å²) in [6.07, 6.45) is 0. The molecular formula is C3H3BrFN3O2S. The van der Waals surface area contributed by atoms with Gasteiger partial charge in [-0.2, -0.15) is 13.2 Å². The molecule has 1 aromatic rings. The summed E-state index contributed by atoms with van der Waals surface area (Å²) in [7, 11) is -3.37. The number of aromatic nitrogens is 3. The van der Waals surface area contributed by atoms with Crippen molar-refractivity contribution >= 4 is 26.2 Å². The monoisotopic (exact) mass is 243 g/mol. The average molecular weight is 244 g/mol. The van der Waals surface area contributed by atoms with Crippen molar-refractivity contribution in [3.05, 3.63) is 4.60 Å². The van der Waals surface area contributed by atoms with Crippen LogP contribution in [0.15, 0.2) is 9.63 Å². The molecule has 62 valence electrons. The molecule has 0 atom stereocenters. The molecule has 0 saturated heterocycles. The number of halogens is 2. The van der Waals surface area contributed by atoms with Crippen LogP contribution in [0.5, 0.6) is 0 Å². The zero-order chi connectivity index (χ0) is 8.65. The van der Waals surface area contributed by atoms with Crippen molar-refractivity contribution in [1.29, 1.82) is 0 Å². The number of rotatable bonds is 1. The standard InChI is InChI=1S/C3H3BrFN3O2S/c1-8-6-2(4)3(7-8)11(5,9)10/h1H3. The lowest BCUT2D eigenvalue weighted by atomic mass is 10.9. The van der Waals surface area contributed by atoms with Crippen molar-refractivity contribution in [2.75, 3.05) is 0 Å². The van der Waals surface area contributed by atoms with Crippen LogP contribution in [0.2, 0.25) is 0 Å². The van der Waals surface area contributed by atoms with Gasteiger partial charge in [0.25, 0.3) is 0 Å². The Balaban J connectivity index is 3.36. The molecule has 11 heavy (non-hydrogen) atoms. The highest BCUT2D eigenvalue weighted by atomic mass is 79.9. The van der Waals surface area contributed by atoms with Crippen molar-refractivity contribution in [1.82, 2.24) is 15.0 Å². The van der Waals surface area contributed by atoms with Crippen molar-refractivity contribution in [2.24, 2.45) is 7.05 Å². The molecule has 0 fully saturated rings. The van der Waals surface area contributed by atoms with Crippen LogP contribution in [0.4, 0.5) is 3.89 Å². The predicted molar refractivity (Wildman–Crippen MR) is 37.0 cm³/mol. The lowest BCUT2D eigenvalue weighted by Gasteiger charge is -1.83. The summed E-state index contributed by atoms with van der Waals surface area (Å²) in [5.41, 5.74) is 0. The zero-order valence-corrected chi connectivity index (χ0v) is 7.72. The minimum Gasteiger partial charge on any atom is -0.187 e. The van der Waals surface area contributed by atoms with E-state index in [9.17, 15) is 12.3 Å². The third kappa shape index (κ3) is 1.74. The van der Waals surface area contributed by atoms with Crippen LogP contribution in [0.1, 0.15) is 0 Å². The van der Waals surface area contributed by atoms with E-state index in [2.05, 4.69) is 26.1 Å². The molecule has 0 aliphatic heterocycles. The Morgan fingerprint density at radius 2 is 2.09 bits per heavy atom. The van der Waals surface area contributed by atoms with E-state index in [0.29, 0.717) is 0 Å². The second-order valence-electron chi connectivity index (χ2n) is 1.72. The minimum absolute atomic E-state index is 0.123. The first-order chi connectivity index (χ1) is 4.91. The van der Waals surface area contributed by atoms with Gasteiger partial charge in [0.1, 0.15) is 0 Å². The first-order valence-electron chi connectivity index (χ1n) is 2.43. The third-order valence-electron chi connectivity index (χ3n) is 0.875. The van der Waals surface area contributed by atoms with Crippen LogP contribution < -0.4 is 0 Å². The largest absolute Gasteiger partial charge is 0.354 e. The highest BCUT2D eigenvalue weighted by Crippen LogP contribution is 2.17. The maximum Gasteiger partial charge on any atom is 0.354 e. The van der Waals surface area contributed by atoms with Gasteiger partial charge in [0.2, 0.25) is 5.03 Å². The molecule has 0 aromatic carbocycles. The first-order valence-corrected chi connectivity index (χ1v) is 4.60. The number of hydrogen-bond donors (Lipinski definition) is 0. The number of nitrogens with zero attached hydrogens (tertiary/aromatic N) is 3. The van der Waals surface area contributed by atoms with Gasteiger partial charge in [0, 0.05) is 7.05 Å². The van der Waals surface area contributed by atoms with Crippen LogP contribution in [0.25, 0.3) is 0 Å². The SMILES string of the molecule is Cn1nc(Br)c(S(=O)(=O)F)n1. The summed E-state index contributed by atoms with van der Waals surface area (Å²) in [4.78, 5) is 0.955. The Hall–Kier alpha value is -0.500. The highest BCUT2D eigenvalue weighted by molar-refractivity contribution is 9.10. The van der Waals surface area contributed by atoms with Crippen molar-refractivity contribution < 1.29 is 12.3 Å². The summed E-state index contributed by atoms with van der Waals surface area (Å²) >= 11 is 2.74. The second-order valence-corrected chi connectivity index (χ2v) is 3.74. The topological polar surface area (TPSA) is 64.8 Å². The van der Waals surface area contributed by atoms with Crippen LogP contribution in [-0.4, -0.2) is 23.4 Å². The van der Waals surface area contributed by atoms with Gasteiger partial charge in [-0.05, 0) is 15.9 Å². The Labute approximate surface area is 70.5 Å². The van der Waals surface area contributed by atoms with Gasteiger partial charge in [0.15, 0.2) is 4.60 Å². The molecular weight excluding hydrogens is 241 g/mol. The van der Waals surface area contributed by atoms with E-state index in [-0.39, 0.29) is 4.60 Å². The molecule has 5 nitrogen and oxygen atoms in total. The fraction of sp³-hybridized carbons (Fsp3) is 0.333. The number of hydrogen-bond acceptors (Lipinski definition) is 4. The van der Waals surface area contributed by atoms with E-state index in [4.69, 9.17) is 0 Å². The molecule has 0 spiro atoms. The summed E-state index contributed by atoms with van der Waals surface area (Å²) in [6, 6.07) is 0. The molecule has 0 unspecified atom stereocenters. The molecule has 1 aromatic heterocycles. The van der Waals surface area contributed by atoms with Crippen LogP contribution in [0, 0.1) is 0 Å². The third-order valence-corrected chi connectivity index (χ3v) is 2.41. The Kier molecular flexibility index (Phi) is 1.97. The molecule has 0 bridgehead atoms. The summed E-state index contributed by atoms with van der Waals surface area (Å²) < 4.78 is 32.6. The average Bonchev–Trinajstić information content (AvgIpc) is 2.08. The Morgan fingerprint density at radius 1 is 1.55 bits per heavy atom. The molecule has 0 N–H and O–H groups in total. The Morgan fingerprint density at radius 3 is 2.27 bits per heavy atom. The number of aryl methyl sites for hydroxylation is 1. The molecule has 0 aliphatic rings. The molecule has 0 aliphatic carbocycles. The van der Waals surface area contributed by atoms with E-state index in [1.807, 2.05) is 0 Å². The van der Waals surface area contributed by atoms with Crippen LogP contribution in [-0.2, 0) is 17.3 Å². The van der Waals surface area contributed by atoms with Gasteiger partial charge >= 0.3 is 10.2 Å². The minimum atomic E-state index is -4.75. The molecule has 1 rings (SSSR count). The lowest BCUT2D eigenvalue weighted by molar-refractivity contribution is 0.542. The van der Waals surface area contributed by atoms with Crippen molar-refractivity contribution in [2.45, 2.75) is 5.03 Å². The maximum atomic E-state index is 12.2. The van der Waals surface area contributed by atoms with Gasteiger partial charge < -0.3 is 0 Å². The molecule has 0 saturated carbocycles. The van der Waals surface area contributed by atoms with Crippen LogP contribution >= 0.6 is 15.9 Å². The summed E-state index contributed by atoms with van der Waals surface area (Å²) in [6.45, 7) is 0. The van der Waals surface area contributed by atoms with Crippen LogP contribution in [0.3, 0.4) is 0 Å². The normalized spacial score (nSPS) is 11.9. The summed E-state index contributed by atoms with van der Waals surface area (Å²) in [5, 5.41) is 6.06. The van der Waals surface area contributed by atoms with Crippen molar-refractivity contribution in [3.8, 4) is 0 Å². The van der Waals surface area contributed by atoms with Gasteiger partial charge in [-0.25, -0.2) is 0 Å². The van der Waals surface area contributed by atoms with E-state index >= 15 is 0 Å². The van der Waals surface area contributed by atoms with Gasteiger partial charge in [0.05, 0.1) is 0 Å². The first kappa shape index (κ1) is 8.60. The van der Waals surface area contributed by atoms with Gasteiger partial charge in [-0.1, -0.05) is 3.89 Å². The fourth-order valence-corrected chi connectivity index (χ4v) is 1.86. The highest BCUT2D eigenvalue weighted by Gasteiger charge is 2.21.